The van der Waals surface area contributed by atoms with Gasteiger partial charge in [-0.2, -0.15) is 0 Å². The molecule has 0 unspecified atom stereocenters. The summed E-state index contributed by atoms with van der Waals surface area (Å²) in [5, 5.41) is 2.61. The number of hydrogen-bond acceptors (Lipinski definition) is 4. The van der Waals surface area contributed by atoms with Crippen molar-refractivity contribution in [3.05, 3.63) is 191 Å². The Kier molecular flexibility index (Phi) is 11.2. The topological polar surface area (TPSA) is 9.72 Å². The number of benzene rings is 8. The van der Waals surface area contributed by atoms with E-state index in [2.05, 4.69) is 270 Å². The Balaban J connectivity index is 1.11. The second-order valence-electron chi connectivity index (χ2n) is 28.5. The van der Waals surface area contributed by atoms with E-state index in [1.807, 2.05) is 11.3 Å². The molecule has 13 rings (SSSR count). The first-order valence-corrected chi connectivity index (χ1v) is 29.8. The lowest BCUT2D eigenvalue weighted by atomic mass is 9.33. The van der Waals surface area contributed by atoms with E-state index in [0.717, 1.165) is 29.9 Å². The average molecular weight is 1040 g/mol. The van der Waals surface area contributed by atoms with Crippen molar-refractivity contribution >= 4 is 106 Å². The first-order chi connectivity index (χ1) is 36.8. The quantitative estimate of drug-likeness (QED) is 0.159. The van der Waals surface area contributed by atoms with Crippen LogP contribution in [0.15, 0.2) is 152 Å². The molecule has 9 aromatic rings. The van der Waals surface area contributed by atoms with E-state index < -0.39 is 0 Å². The summed E-state index contributed by atoms with van der Waals surface area (Å²) in [6.07, 6.45) is 4.69. The molecule has 0 fully saturated rings. The molecule has 0 radical (unpaired) electrons. The highest BCUT2D eigenvalue weighted by atomic mass is 32.1. The summed E-state index contributed by atoms with van der Waals surface area (Å²) < 4.78 is 2.63. The first kappa shape index (κ1) is 50.9. The summed E-state index contributed by atoms with van der Waals surface area (Å²) in [6, 6.07) is 60.2. The lowest BCUT2D eigenvalue weighted by Crippen LogP contribution is -2.62. The Hall–Kier alpha value is -6.56. The first-order valence-electron chi connectivity index (χ1n) is 28.9. The Bertz CT molecular complexity index is 3850. The second-order valence-corrected chi connectivity index (χ2v) is 29.6. The summed E-state index contributed by atoms with van der Waals surface area (Å²) in [5.41, 5.74) is 25.2. The van der Waals surface area contributed by atoms with Gasteiger partial charge in [0.1, 0.15) is 0 Å². The van der Waals surface area contributed by atoms with Crippen LogP contribution in [0.3, 0.4) is 0 Å². The van der Waals surface area contributed by atoms with Crippen LogP contribution in [0.5, 0.6) is 0 Å². The molecule has 2 aliphatic carbocycles. The molecule has 0 N–H and O–H groups in total. The maximum absolute atomic E-state index is 2.70. The highest BCUT2D eigenvalue weighted by molar-refractivity contribution is 7.25. The molecular weight excluding hydrogens is 962 g/mol. The number of hydrogen-bond donors (Lipinski definition) is 0. The van der Waals surface area contributed by atoms with Crippen LogP contribution in [-0.2, 0) is 32.5 Å². The largest absolute Gasteiger partial charge is 0.311 e. The third kappa shape index (κ3) is 8.02. The predicted octanol–water partition coefficient (Wildman–Crippen LogP) is 19.2. The molecule has 1 aromatic heterocycles. The van der Waals surface area contributed by atoms with Gasteiger partial charge in [-0.05, 0) is 211 Å². The minimum absolute atomic E-state index is 0.0161. The molecule has 0 amide bonds. The molecule has 0 saturated carbocycles. The van der Waals surface area contributed by atoms with Crippen molar-refractivity contribution in [2.75, 3.05) is 14.7 Å². The molecule has 5 heteroatoms. The number of anilines is 9. The maximum Gasteiger partial charge on any atom is 0.252 e. The molecule has 0 saturated heterocycles. The van der Waals surface area contributed by atoms with Crippen molar-refractivity contribution < 1.29 is 0 Å². The average Bonchev–Trinajstić information content (AvgIpc) is 3.83. The zero-order valence-electron chi connectivity index (χ0n) is 49.1. The Labute approximate surface area is 470 Å². The molecule has 8 aromatic carbocycles. The summed E-state index contributed by atoms with van der Waals surface area (Å²) in [6.45, 7) is 35.9. The minimum Gasteiger partial charge on any atom is -0.311 e. The van der Waals surface area contributed by atoms with E-state index in [-0.39, 0.29) is 39.2 Å². The number of aryl methyl sites for hydroxylation is 1. The van der Waals surface area contributed by atoms with Crippen LogP contribution in [0.2, 0.25) is 0 Å². The molecule has 0 atom stereocenters. The monoisotopic (exact) mass is 1040 g/mol. The maximum atomic E-state index is 2.70. The highest BCUT2D eigenvalue weighted by Gasteiger charge is 2.47. The van der Waals surface area contributed by atoms with Gasteiger partial charge in [0.25, 0.3) is 6.71 Å². The summed E-state index contributed by atoms with van der Waals surface area (Å²) in [5.74, 6) is 0. The summed E-state index contributed by atoms with van der Waals surface area (Å²) in [4.78, 5) is 7.83. The molecule has 78 heavy (non-hydrogen) atoms. The molecule has 394 valence electrons. The van der Waals surface area contributed by atoms with Crippen LogP contribution >= 0.6 is 11.3 Å². The molecular formula is C73H78BN3S. The Morgan fingerprint density at radius 2 is 0.897 bits per heavy atom. The lowest BCUT2D eigenvalue weighted by Gasteiger charge is -2.48. The number of thiophene rings is 1. The van der Waals surface area contributed by atoms with Crippen molar-refractivity contribution in [2.45, 2.75) is 162 Å². The van der Waals surface area contributed by atoms with Gasteiger partial charge in [-0.1, -0.05) is 158 Å². The van der Waals surface area contributed by atoms with Crippen molar-refractivity contribution in [1.29, 1.82) is 0 Å². The number of nitrogens with zero attached hydrogens (tertiary/aromatic N) is 3. The van der Waals surface area contributed by atoms with E-state index in [4.69, 9.17) is 0 Å². The van der Waals surface area contributed by atoms with Gasteiger partial charge in [0.15, 0.2) is 0 Å². The normalized spacial score (nSPS) is 17.6. The smallest absolute Gasteiger partial charge is 0.252 e. The zero-order valence-corrected chi connectivity index (χ0v) is 49.9. The molecule has 0 spiro atoms. The van der Waals surface area contributed by atoms with Gasteiger partial charge in [0.05, 0.1) is 0 Å². The van der Waals surface area contributed by atoms with Crippen LogP contribution < -0.4 is 31.1 Å². The van der Waals surface area contributed by atoms with Gasteiger partial charge in [-0.25, -0.2) is 0 Å². The predicted molar refractivity (Wildman–Crippen MR) is 341 cm³/mol. The van der Waals surface area contributed by atoms with Crippen molar-refractivity contribution in [3.63, 3.8) is 0 Å². The van der Waals surface area contributed by atoms with Gasteiger partial charge in [-0.15, -0.1) is 11.3 Å². The van der Waals surface area contributed by atoms with Gasteiger partial charge < -0.3 is 14.7 Å². The molecule has 0 bridgehead atoms. The van der Waals surface area contributed by atoms with Gasteiger partial charge in [-0.3, -0.25) is 0 Å². The van der Waals surface area contributed by atoms with Crippen LogP contribution in [0, 0.1) is 6.92 Å². The SMILES string of the molecule is Cc1cc2c3c(c1)N(c1ccc4c(c1)C(C)(C)CCC4(C)C)c1cc4c(cc1B3c1ccc(N(c3ccc(C(C)(C)C)cc3)c3ccc(C(C)(C)C)cc3)cc1N2c1ccc2sc3ccccc3c2c1)C(C)(C)CCC4(C)C. The van der Waals surface area contributed by atoms with Crippen LogP contribution in [0.1, 0.15) is 162 Å². The Morgan fingerprint density at radius 1 is 0.423 bits per heavy atom. The van der Waals surface area contributed by atoms with Gasteiger partial charge >= 0.3 is 0 Å². The fraction of sp³-hybridized carbons (Fsp3) is 0.342. The third-order valence-electron chi connectivity index (χ3n) is 19.1. The van der Waals surface area contributed by atoms with Crippen molar-refractivity contribution in [1.82, 2.24) is 0 Å². The van der Waals surface area contributed by atoms with E-state index in [1.165, 1.54) is 122 Å². The highest BCUT2D eigenvalue weighted by Crippen LogP contribution is 2.54. The van der Waals surface area contributed by atoms with Crippen LogP contribution in [0.4, 0.5) is 51.2 Å². The summed E-state index contributed by atoms with van der Waals surface area (Å²) in [7, 11) is 0. The summed E-state index contributed by atoms with van der Waals surface area (Å²) >= 11 is 1.89. The van der Waals surface area contributed by atoms with Crippen LogP contribution in [-0.4, -0.2) is 6.71 Å². The molecule has 2 aliphatic heterocycles. The molecule has 3 nitrogen and oxygen atoms in total. The van der Waals surface area contributed by atoms with Gasteiger partial charge in [0.2, 0.25) is 0 Å². The van der Waals surface area contributed by atoms with Crippen LogP contribution in [0.25, 0.3) is 20.2 Å². The number of fused-ring (bicyclic) bond motifs is 9. The van der Waals surface area contributed by atoms with E-state index in [0.29, 0.717) is 0 Å². The van der Waals surface area contributed by atoms with E-state index in [1.54, 1.807) is 0 Å². The molecule has 4 aliphatic rings. The third-order valence-corrected chi connectivity index (χ3v) is 20.3. The second kappa shape index (κ2) is 17.2. The molecule has 3 heterocycles. The van der Waals surface area contributed by atoms with Crippen molar-refractivity contribution in [2.24, 2.45) is 0 Å². The number of rotatable bonds is 5. The fourth-order valence-electron chi connectivity index (χ4n) is 14.1. The fourth-order valence-corrected chi connectivity index (χ4v) is 15.2. The zero-order chi connectivity index (χ0) is 54.8. The lowest BCUT2D eigenvalue weighted by molar-refractivity contribution is 0.332. The van der Waals surface area contributed by atoms with E-state index in [9.17, 15) is 0 Å². The minimum atomic E-state index is -0.0161. The van der Waals surface area contributed by atoms with E-state index >= 15 is 0 Å². The van der Waals surface area contributed by atoms with Gasteiger partial charge in [0, 0.05) is 71.4 Å². The van der Waals surface area contributed by atoms with Crippen molar-refractivity contribution in [3.8, 4) is 0 Å². The Morgan fingerprint density at radius 3 is 1.47 bits per heavy atom. The standard InChI is InChI=1S/C73H78BN3S/c1-45-38-63-67-64(39-45)77(51-28-31-55-56(41-51)71(10,11)35-34-70(55,8)9)62-44-58-57(72(12,13)36-37-73(58,14)15)43-60(62)74(67)59-32-29-52(42-61(59)76(63)50-30-33-66-54(40-50)53-18-16-17-19-65(53)78-66)75(48-24-20-46(21-25-48)68(2,3)4)49-26-22-47(23-27-49)69(5,6)7/h16-33,38-44H,34-37H2,1-15H3.